The fraction of sp³-hybridized carbons (Fsp3) is 0.450. The zero-order valence-corrected chi connectivity index (χ0v) is 16.3. The van der Waals surface area contributed by atoms with Crippen LogP contribution in [0.5, 0.6) is 0 Å². The largest absolute Gasteiger partial charge is 0.440 e. The van der Waals surface area contributed by atoms with Crippen molar-refractivity contribution in [2.45, 2.75) is 44.6 Å². The molecule has 6 nitrogen and oxygen atoms in total. The Morgan fingerprint density at radius 2 is 2.26 bits per heavy atom. The molecule has 0 amide bonds. The Kier molecular flexibility index (Phi) is 4.02. The summed E-state index contributed by atoms with van der Waals surface area (Å²) in [6.45, 7) is 4.91. The van der Waals surface area contributed by atoms with E-state index in [1.165, 1.54) is 17.7 Å². The van der Waals surface area contributed by atoms with Crippen molar-refractivity contribution >= 4 is 17.3 Å². The van der Waals surface area contributed by atoms with E-state index >= 15 is 0 Å². The first-order valence-electron chi connectivity index (χ1n) is 9.47. The highest BCUT2D eigenvalue weighted by atomic mass is 32.1. The van der Waals surface area contributed by atoms with Gasteiger partial charge in [-0.2, -0.15) is 0 Å². The lowest BCUT2D eigenvalue weighted by Crippen LogP contribution is -2.45. The third kappa shape index (κ3) is 2.95. The zero-order valence-electron chi connectivity index (χ0n) is 15.4. The highest BCUT2D eigenvalue weighted by molar-refractivity contribution is 7.13. The average molecular weight is 382 g/mol. The topological polar surface area (TPSA) is 81.1 Å². The third-order valence-corrected chi connectivity index (χ3v) is 6.77. The monoisotopic (exact) mass is 381 g/mol. The van der Waals surface area contributed by atoms with Crippen LogP contribution in [0.2, 0.25) is 0 Å². The first kappa shape index (κ1) is 16.9. The van der Waals surface area contributed by atoms with Crippen LogP contribution >= 0.6 is 11.3 Å². The van der Waals surface area contributed by atoms with Crippen molar-refractivity contribution in [3.8, 4) is 10.8 Å². The number of piperidine rings is 1. The van der Waals surface area contributed by atoms with Crippen molar-refractivity contribution < 1.29 is 4.42 Å². The molecular formula is C20H23N5OS. The van der Waals surface area contributed by atoms with Gasteiger partial charge < -0.3 is 10.2 Å². The molecule has 1 fully saturated rings. The second-order valence-electron chi connectivity index (χ2n) is 7.70. The normalized spacial score (nSPS) is 22.4. The molecular weight excluding hydrogens is 358 g/mol. The second-order valence-corrected chi connectivity index (χ2v) is 8.64. The number of likely N-dealkylation sites (tertiary alicyclic amines) is 1. The van der Waals surface area contributed by atoms with Crippen molar-refractivity contribution in [3.63, 3.8) is 0 Å². The number of rotatable bonds is 3. The Hall–Kier alpha value is -2.25. The minimum absolute atomic E-state index is 0.110. The summed E-state index contributed by atoms with van der Waals surface area (Å²) < 4.78 is 5.93. The number of nitrogen functional groups attached to an aromatic ring is 1. The predicted molar refractivity (Wildman–Crippen MR) is 106 cm³/mol. The Morgan fingerprint density at radius 1 is 1.33 bits per heavy atom. The fourth-order valence-corrected chi connectivity index (χ4v) is 5.26. The minimum Gasteiger partial charge on any atom is -0.440 e. The lowest BCUT2D eigenvalue weighted by molar-refractivity contribution is 0.135. The number of aryl methyl sites for hydroxylation is 2. The van der Waals surface area contributed by atoms with E-state index in [0.717, 1.165) is 61.1 Å². The molecule has 3 aromatic heterocycles. The van der Waals surface area contributed by atoms with E-state index in [4.69, 9.17) is 15.1 Å². The Labute approximate surface area is 162 Å². The summed E-state index contributed by atoms with van der Waals surface area (Å²) in [5, 5.41) is 2.05. The highest BCUT2D eigenvalue weighted by Gasteiger charge is 2.43. The van der Waals surface area contributed by atoms with Crippen molar-refractivity contribution in [1.29, 1.82) is 0 Å². The Bertz CT molecular complexity index is 963. The smallest absolute Gasteiger partial charge is 0.236 e. The molecule has 0 aromatic carbocycles. The summed E-state index contributed by atoms with van der Waals surface area (Å²) in [6, 6.07) is 4.08. The standard InChI is InChI=1S/C20H23N5OS/c1-13-15(23-18(26-13)16-4-2-9-27-16)11-25-8-3-6-20(12-25)7-5-14-10-22-19(21)24-17(14)20/h2,4,9-10H,3,5-8,11-12H2,1H3,(H2,21,22,24). The SMILES string of the molecule is Cc1oc(-c2cccs2)nc1CN1CCCC2(CCc3cnc(N)nc32)C1. The van der Waals surface area contributed by atoms with Gasteiger partial charge in [-0.05, 0) is 56.2 Å². The van der Waals surface area contributed by atoms with Gasteiger partial charge in [0.25, 0.3) is 0 Å². The molecule has 1 spiro atoms. The maximum atomic E-state index is 5.93. The molecule has 0 bridgehead atoms. The number of fused-ring (bicyclic) bond motifs is 2. The molecule has 27 heavy (non-hydrogen) atoms. The van der Waals surface area contributed by atoms with E-state index in [0.29, 0.717) is 5.95 Å². The van der Waals surface area contributed by atoms with Crippen molar-refractivity contribution in [2.24, 2.45) is 0 Å². The molecule has 0 radical (unpaired) electrons. The van der Waals surface area contributed by atoms with Crippen LogP contribution in [0.25, 0.3) is 10.8 Å². The molecule has 3 aromatic rings. The first-order chi connectivity index (χ1) is 13.1. The van der Waals surface area contributed by atoms with Crippen LogP contribution in [0, 0.1) is 6.92 Å². The van der Waals surface area contributed by atoms with Crippen molar-refractivity contribution in [2.75, 3.05) is 18.8 Å². The van der Waals surface area contributed by atoms with Gasteiger partial charge in [0, 0.05) is 24.7 Å². The van der Waals surface area contributed by atoms with Crippen LogP contribution in [-0.2, 0) is 18.4 Å². The summed E-state index contributed by atoms with van der Waals surface area (Å²) in [4.78, 5) is 17.2. The molecule has 1 unspecified atom stereocenters. The van der Waals surface area contributed by atoms with E-state index in [2.05, 4.69) is 20.9 Å². The van der Waals surface area contributed by atoms with E-state index in [-0.39, 0.29) is 5.41 Å². The lowest BCUT2D eigenvalue weighted by Gasteiger charge is -2.40. The van der Waals surface area contributed by atoms with Gasteiger partial charge in [-0.15, -0.1) is 11.3 Å². The van der Waals surface area contributed by atoms with Gasteiger partial charge in [0.15, 0.2) is 0 Å². The number of nitrogens with two attached hydrogens (primary N) is 1. The quantitative estimate of drug-likeness (QED) is 0.747. The average Bonchev–Trinajstić information content (AvgIpc) is 3.38. The number of hydrogen-bond donors (Lipinski definition) is 1. The van der Waals surface area contributed by atoms with E-state index in [9.17, 15) is 0 Å². The number of aromatic nitrogens is 3. The predicted octanol–water partition coefficient (Wildman–Crippen LogP) is 3.56. The summed E-state index contributed by atoms with van der Waals surface area (Å²) in [5.74, 6) is 2.03. The molecule has 1 atom stereocenters. The Morgan fingerprint density at radius 3 is 3.11 bits per heavy atom. The summed E-state index contributed by atoms with van der Waals surface area (Å²) in [6.07, 6.45) is 6.44. The molecule has 1 aliphatic carbocycles. The van der Waals surface area contributed by atoms with Crippen LogP contribution in [-0.4, -0.2) is 32.9 Å². The molecule has 140 valence electrons. The van der Waals surface area contributed by atoms with E-state index < -0.39 is 0 Å². The van der Waals surface area contributed by atoms with Gasteiger partial charge in [-0.25, -0.2) is 15.0 Å². The van der Waals surface area contributed by atoms with Gasteiger partial charge in [0.1, 0.15) is 5.76 Å². The first-order valence-corrected chi connectivity index (χ1v) is 10.4. The highest BCUT2D eigenvalue weighted by Crippen LogP contribution is 2.44. The van der Waals surface area contributed by atoms with Gasteiger partial charge >= 0.3 is 0 Å². The lowest BCUT2D eigenvalue weighted by atomic mass is 9.77. The maximum Gasteiger partial charge on any atom is 0.236 e. The van der Waals surface area contributed by atoms with Crippen LogP contribution < -0.4 is 5.73 Å². The molecule has 1 aliphatic heterocycles. The van der Waals surface area contributed by atoms with Gasteiger partial charge in [-0.3, -0.25) is 4.90 Å². The van der Waals surface area contributed by atoms with Gasteiger partial charge in [0.05, 0.1) is 16.3 Å². The molecule has 0 saturated carbocycles. The molecule has 4 heterocycles. The summed E-state index contributed by atoms with van der Waals surface area (Å²) in [5.41, 5.74) is 9.48. The van der Waals surface area contributed by atoms with Crippen LogP contribution in [0.3, 0.4) is 0 Å². The Balaban J connectivity index is 1.38. The summed E-state index contributed by atoms with van der Waals surface area (Å²) in [7, 11) is 0. The third-order valence-electron chi connectivity index (χ3n) is 5.91. The van der Waals surface area contributed by atoms with E-state index in [1.54, 1.807) is 11.3 Å². The maximum absolute atomic E-state index is 5.93. The number of nitrogens with zero attached hydrogens (tertiary/aromatic N) is 4. The second kappa shape index (κ2) is 6.42. The van der Waals surface area contributed by atoms with Gasteiger partial charge in [0.2, 0.25) is 11.8 Å². The number of thiophene rings is 1. The van der Waals surface area contributed by atoms with Gasteiger partial charge in [-0.1, -0.05) is 6.07 Å². The molecule has 7 heteroatoms. The number of hydrogen-bond acceptors (Lipinski definition) is 7. The molecule has 2 N–H and O–H groups in total. The van der Waals surface area contributed by atoms with Crippen molar-refractivity contribution in [3.05, 3.63) is 46.4 Å². The number of oxazole rings is 1. The van der Waals surface area contributed by atoms with Crippen molar-refractivity contribution in [1.82, 2.24) is 19.9 Å². The van der Waals surface area contributed by atoms with Crippen LogP contribution in [0.15, 0.2) is 28.1 Å². The molecule has 5 rings (SSSR count). The van der Waals surface area contributed by atoms with Crippen LogP contribution in [0.1, 0.15) is 42.0 Å². The van der Waals surface area contributed by atoms with E-state index in [1.807, 2.05) is 24.6 Å². The molecule has 1 saturated heterocycles. The summed E-state index contributed by atoms with van der Waals surface area (Å²) >= 11 is 1.66. The fourth-order valence-electron chi connectivity index (χ4n) is 4.61. The van der Waals surface area contributed by atoms with Crippen LogP contribution in [0.4, 0.5) is 5.95 Å². The number of anilines is 1. The minimum atomic E-state index is 0.110. The molecule has 2 aliphatic rings. The zero-order chi connectivity index (χ0) is 18.4.